The Hall–Kier alpha value is -1.92. The van der Waals surface area contributed by atoms with E-state index in [9.17, 15) is 14.7 Å². The van der Waals surface area contributed by atoms with Gasteiger partial charge in [0.25, 0.3) is 5.91 Å². The van der Waals surface area contributed by atoms with Gasteiger partial charge in [-0.2, -0.15) is 0 Å². The van der Waals surface area contributed by atoms with Gasteiger partial charge in [0.15, 0.2) is 0 Å². The monoisotopic (exact) mass is 279 g/mol. The minimum Gasteiger partial charge on any atom is -0.480 e. The Balaban J connectivity index is 2.15. The van der Waals surface area contributed by atoms with E-state index in [1.807, 2.05) is 0 Å². The summed E-state index contributed by atoms with van der Waals surface area (Å²) in [5.41, 5.74) is 1.34. The topological polar surface area (TPSA) is 87.1 Å². The molecule has 108 valence electrons. The summed E-state index contributed by atoms with van der Waals surface area (Å²) in [6.07, 6.45) is -0.712. The zero-order valence-electron chi connectivity index (χ0n) is 11.2. The summed E-state index contributed by atoms with van der Waals surface area (Å²) in [7, 11) is 1.59. The molecule has 0 spiro atoms. The molecule has 1 aliphatic heterocycles. The Morgan fingerprint density at radius 2 is 2.00 bits per heavy atom. The van der Waals surface area contributed by atoms with Gasteiger partial charge in [-0.05, 0) is 17.7 Å². The molecule has 0 saturated carbocycles. The van der Waals surface area contributed by atoms with Crippen molar-refractivity contribution in [2.45, 2.75) is 25.2 Å². The highest BCUT2D eigenvalue weighted by molar-refractivity contribution is 5.97. The van der Waals surface area contributed by atoms with Gasteiger partial charge in [-0.3, -0.25) is 4.79 Å². The van der Waals surface area contributed by atoms with Crippen molar-refractivity contribution in [3.8, 4) is 0 Å². The number of carboxylic acid groups (broad SMARTS) is 1. The lowest BCUT2D eigenvalue weighted by molar-refractivity contribution is -0.141. The van der Waals surface area contributed by atoms with Crippen LogP contribution in [0, 0.1) is 0 Å². The molecule has 6 heteroatoms. The summed E-state index contributed by atoms with van der Waals surface area (Å²) in [5.74, 6) is -1.47. The van der Waals surface area contributed by atoms with E-state index in [-0.39, 0.29) is 18.9 Å². The summed E-state index contributed by atoms with van der Waals surface area (Å²) < 4.78 is 4.98. The first-order valence-electron chi connectivity index (χ1n) is 6.32. The molecule has 0 aliphatic carbocycles. The summed E-state index contributed by atoms with van der Waals surface area (Å²) in [5, 5.41) is 18.6. The molecule has 0 bridgehead atoms. The molecule has 2 atom stereocenters. The largest absolute Gasteiger partial charge is 0.480 e. The zero-order valence-corrected chi connectivity index (χ0v) is 11.2. The van der Waals surface area contributed by atoms with Crippen molar-refractivity contribution in [3.63, 3.8) is 0 Å². The molecule has 0 radical (unpaired) electrons. The van der Waals surface area contributed by atoms with Gasteiger partial charge < -0.3 is 19.8 Å². The number of carbonyl (C=O) groups is 2. The fourth-order valence-electron chi connectivity index (χ4n) is 2.35. The lowest BCUT2D eigenvalue weighted by atomic mass is 10.1. The van der Waals surface area contributed by atoms with Crippen LogP contribution in [0.5, 0.6) is 0 Å². The number of carbonyl (C=O) groups excluding carboxylic acids is 1. The van der Waals surface area contributed by atoms with Gasteiger partial charge >= 0.3 is 5.97 Å². The van der Waals surface area contributed by atoms with Crippen molar-refractivity contribution in [1.29, 1.82) is 0 Å². The molecule has 1 aromatic rings. The van der Waals surface area contributed by atoms with Gasteiger partial charge in [-0.15, -0.1) is 0 Å². The number of rotatable bonds is 4. The summed E-state index contributed by atoms with van der Waals surface area (Å²) in [4.78, 5) is 24.6. The van der Waals surface area contributed by atoms with Crippen LogP contribution in [0.4, 0.5) is 0 Å². The molecule has 6 nitrogen and oxygen atoms in total. The van der Waals surface area contributed by atoms with E-state index in [4.69, 9.17) is 9.84 Å². The normalized spacial score (nSPS) is 22.0. The quantitative estimate of drug-likeness (QED) is 0.837. The van der Waals surface area contributed by atoms with E-state index in [1.54, 1.807) is 31.4 Å². The van der Waals surface area contributed by atoms with E-state index in [1.165, 1.54) is 4.90 Å². The highest BCUT2D eigenvalue weighted by atomic mass is 16.5. The number of methoxy groups -OCH3 is 1. The predicted octanol–water partition coefficient (Wildman–Crippen LogP) is 0.493. The number of ether oxygens (including phenoxy) is 1. The molecule has 20 heavy (non-hydrogen) atoms. The second-order valence-electron chi connectivity index (χ2n) is 4.83. The van der Waals surface area contributed by atoms with Gasteiger partial charge in [0.2, 0.25) is 0 Å². The van der Waals surface area contributed by atoms with Crippen LogP contribution in [0.15, 0.2) is 24.3 Å². The number of hydrogen-bond donors (Lipinski definition) is 2. The van der Waals surface area contributed by atoms with Crippen LogP contribution in [0.1, 0.15) is 22.3 Å². The number of carboxylic acids is 1. The molecule has 1 aromatic carbocycles. The molecule has 0 unspecified atom stereocenters. The third-order valence-electron chi connectivity index (χ3n) is 3.34. The average Bonchev–Trinajstić information content (AvgIpc) is 2.81. The molecule has 1 heterocycles. The summed E-state index contributed by atoms with van der Waals surface area (Å²) in [6.45, 7) is 0.504. The number of likely N-dealkylation sites (tertiary alicyclic amines) is 1. The Labute approximate surface area is 116 Å². The first kappa shape index (κ1) is 14.5. The zero-order chi connectivity index (χ0) is 14.7. The van der Waals surface area contributed by atoms with Crippen LogP contribution in [-0.4, -0.2) is 52.8 Å². The van der Waals surface area contributed by atoms with E-state index >= 15 is 0 Å². The van der Waals surface area contributed by atoms with Gasteiger partial charge in [-0.25, -0.2) is 4.79 Å². The standard InChI is InChI=1S/C14H17NO5/c1-20-8-9-2-4-10(5-3-9)13(17)15-7-11(16)6-12(15)14(18)19/h2-5,11-12,16H,6-8H2,1H3,(H,18,19)/t11-,12+/m1/s1. The van der Waals surface area contributed by atoms with Gasteiger partial charge in [0.05, 0.1) is 12.7 Å². The fourth-order valence-corrected chi connectivity index (χ4v) is 2.35. The number of aliphatic hydroxyl groups excluding tert-OH is 1. The molecule has 2 rings (SSSR count). The Morgan fingerprint density at radius 3 is 2.55 bits per heavy atom. The smallest absolute Gasteiger partial charge is 0.326 e. The summed E-state index contributed by atoms with van der Waals surface area (Å²) >= 11 is 0. The van der Waals surface area contributed by atoms with Crippen molar-refractivity contribution < 1.29 is 24.5 Å². The highest BCUT2D eigenvalue weighted by Gasteiger charge is 2.39. The van der Waals surface area contributed by atoms with Crippen LogP contribution in [-0.2, 0) is 16.1 Å². The van der Waals surface area contributed by atoms with Gasteiger partial charge in [0.1, 0.15) is 6.04 Å². The van der Waals surface area contributed by atoms with Crippen molar-refractivity contribution >= 4 is 11.9 Å². The SMILES string of the molecule is COCc1ccc(C(=O)N2C[C@H](O)C[C@H]2C(=O)O)cc1. The molecule has 2 N–H and O–H groups in total. The van der Waals surface area contributed by atoms with Gasteiger partial charge in [-0.1, -0.05) is 12.1 Å². The van der Waals surface area contributed by atoms with E-state index in [0.717, 1.165) is 5.56 Å². The molecular weight excluding hydrogens is 262 g/mol. The maximum absolute atomic E-state index is 12.3. The molecule has 1 amide bonds. The van der Waals surface area contributed by atoms with Crippen molar-refractivity contribution in [2.75, 3.05) is 13.7 Å². The average molecular weight is 279 g/mol. The number of amides is 1. The third-order valence-corrected chi connectivity index (χ3v) is 3.34. The molecule has 0 aromatic heterocycles. The van der Waals surface area contributed by atoms with E-state index in [2.05, 4.69) is 0 Å². The van der Waals surface area contributed by atoms with Crippen LogP contribution in [0.25, 0.3) is 0 Å². The van der Waals surface area contributed by atoms with Crippen LogP contribution in [0.3, 0.4) is 0 Å². The molecule has 1 saturated heterocycles. The molecule has 1 fully saturated rings. The first-order valence-corrected chi connectivity index (χ1v) is 6.32. The lowest BCUT2D eigenvalue weighted by Crippen LogP contribution is -2.40. The minimum absolute atomic E-state index is 0.0512. The highest BCUT2D eigenvalue weighted by Crippen LogP contribution is 2.21. The molecular formula is C14H17NO5. The number of benzene rings is 1. The minimum atomic E-state index is -1.09. The maximum Gasteiger partial charge on any atom is 0.326 e. The van der Waals surface area contributed by atoms with Crippen LogP contribution in [0.2, 0.25) is 0 Å². The van der Waals surface area contributed by atoms with Crippen LogP contribution < -0.4 is 0 Å². The lowest BCUT2D eigenvalue weighted by Gasteiger charge is -2.21. The number of aliphatic hydroxyl groups is 1. The number of nitrogens with zero attached hydrogens (tertiary/aromatic N) is 1. The predicted molar refractivity (Wildman–Crippen MR) is 70.2 cm³/mol. The number of aliphatic carboxylic acids is 1. The first-order chi connectivity index (χ1) is 9.52. The Morgan fingerprint density at radius 1 is 1.35 bits per heavy atom. The maximum atomic E-state index is 12.3. The molecule has 1 aliphatic rings. The van der Waals surface area contributed by atoms with Crippen molar-refractivity contribution in [3.05, 3.63) is 35.4 Å². The Kier molecular flexibility index (Phi) is 4.36. The van der Waals surface area contributed by atoms with Crippen LogP contribution >= 0.6 is 0 Å². The van der Waals surface area contributed by atoms with Gasteiger partial charge in [0, 0.05) is 25.6 Å². The Bertz CT molecular complexity index is 499. The van der Waals surface area contributed by atoms with Crippen molar-refractivity contribution in [1.82, 2.24) is 4.90 Å². The van der Waals surface area contributed by atoms with E-state index in [0.29, 0.717) is 12.2 Å². The van der Waals surface area contributed by atoms with E-state index < -0.39 is 18.1 Å². The van der Waals surface area contributed by atoms with Crippen molar-refractivity contribution in [2.24, 2.45) is 0 Å². The fraction of sp³-hybridized carbons (Fsp3) is 0.429. The second kappa shape index (κ2) is 6.02. The third kappa shape index (κ3) is 2.97. The second-order valence-corrected chi connectivity index (χ2v) is 4.83. The number of hydrogen-bond acceptors (Lipinski definition) is 4. The summed E-state index contributed by atoms with van der Waals surface area (Å²) in [6, 6.07) is 5.84. The number of β-amino-alcohol motifs (C(OH)–C–C–N with tert-alkyl or cyclic N) is 1.